The van der Waals surface area contributed by atoms with Gasteiger partial charge in [0.2, 0.25) is 0 Å². The summed E-state index contributed by atoms with van der Waals surface area (Å²) >= 11 is 0. The van der Waals surface area contributed by atoms with E-state index in [1.54, 1.807) is 0 Å². The van der Waals surface area contributed by atoms with Crippen LogP contribution in [-0.2, 0) is 9.53 Å². The third kappa shape index (κ3) is 6.61. The van der Waals surface area contributed by atoms with Crippen LogP contribution in [-0.4, -0.2) is 61.5 Å². The molecule has 0 bridgehead atoms. The maximum absolute atomic E-state index is 11.9. The Morgan fingerprint density at radius 1 is 1.47 bits per heavy atom. The fourth-order valence-corrected chi connectivity index (χ4v) is 0.927. The molecule has 0 fully saturated rings. The zero-order chi connectivity index (χ0) is 13.6. The van der Waals surface area contributed by atoms with E-state index in [0.717, 1.165) is 14.2 Å². The molecule has 0 radical (unpaired) electrons. The first-order chi connectivity index (χ1) is 7.67. The molecule has 0 saturated carbocycles. The number of methoxy groups -OCH3 is 1. The molecule has 0 heterocycles. The molecule has 100 valence electrons. The highest BCUT2D eigenvalue weighted by Crippen LogP contribution is 2.15. The average molecular weight is 258 g/mol. The Labute approximate surface area is 95.3 Å². The number of carboxylic acid groups (broad SMARTS) is 1. The predicted octanol–water partition coefficient (Wildman–Crippen LogP) is 0.290. The molecule has 0 aromatic rings. The minimum atomic E-state index is -4.50. The van der Waals surface area contributed by atoms with Gasteiger partial charge in [0, 0.05) is 14.2 Å². The van der Waals surface area contributed by atoms with Gasteiger partial charge in [-0.3, -0.25) is 0 Å². The summed E-state index contributed by atoms with van der Waals surface area (Å²) in [7, 11) is 2.07. The number of nitrogens with one attached hydrogen (secondary N) is 1. The Morgan fingerprint density at radius 2 is 2.00 bits per heavy atom. The summed E-state index contributed by atoms with van der Waals surface area (Å²) in [5.41, 5.74) is 0. The van der Waals surface area contributed by atoms with Crippen molar-refractivity contribution in [1.82, 2.24) is 10.2 Å². The number of alkyl halides is 3. The van der Waals surface area contributed by atoms with Crippen molar-refractivity contribution in [1.29, 1.82) is 0 Å². The van der Waals surface area contributed by atoms with Gasteiger partial charge in [-0.25, -0.2) is 9.59 Å². The van der Waals surface area contributed by atoms with Gasteiger partial charge in [-0.1, -0.05) is 0 Å². The maximum Gasteiger partial charge on any atom is 0.406 e. The zero-order valence-electron chi connectivity index (χ0n) is 9.24. The second kappa shape index (κ2) is 6.28. The molecule has 1 atom stereocenters. The van der Waals surface area contributed by atoms with Crippen LogP contribution < -0.4 is 5.32 Å². The summed E-state index contributed by atoms with van der Waals surface area (Å²) in [5.74, 6) is -1.31. The normalized spacial score (nSPS) is 13.0. The van der Waals surface area contributed by atoms with Crippen molar-refractivity contribution >= 4 is 12.0 Å². The number of halogens is 3. The molecular formula is C8H13F3N2O4. The van der Waals surface area contributed by atoms with E-state index in [2.05, 4.69) is 4.74 Å². The quantitative estimate of drug-likeness (QED) is 0.743. The molecule has 0 aromatic heterocycles. The Bertz CT molecular complexity index is 282. The highest BCUT2D eigenvalue weighted by molar-refractivity contribution is 5.76. The van der Waals surface area contributed by atoms with Gasteiger partial charge in [-0.15, -0.1) is 0 Å². The summed E-state index contributed by atoms with van der Waals surface area (Å²) in [6, 6.07) is -1.02. The van der Waals surface area contributed by atoms with Crippen LogP contribution in [0.4, 0.5) is 18.0 Å². The van der Waals surface area contributed by atoms with Crippen molar-refractivity contribution in [3.05, 3.63) is 0 Å². The monoisotopic (exact) mass is 258 g/mol. The van der Waals surface area contributed by atoms with E-state index in [9.17, 15) is 22.8 Å². The molecular weight excluding hydrogens is 245 g/mol. The van der Waals surface area contributed by atoms with Crippen LogP contribution in [0.15, 0.2) is 0 Å². The van der Waals surface area contributed by atoms with Gasteiger partial charge < -0.3 is 20.1 Å². The fourth-order valence-electron chi connectivity index (χ4n) is 0.927. The molecule has 0 saturated heterocycles. The molecule has 0 rings (SSSR count). The van der Waals surface area contributed by atoms with Gasteiger partial charge in [0.25, 0.3) is 0 Å². The van der Waals surface area contributed by atoms with Gasteiger partial charge in [0.05, 0.1) is 6.54 Å². The van der Waals surface area contributed by atoms with E-state index in [1.807, 2.05) is 5.32 Å². The number of aliphatic carboxylic acids is 1. The van der Waals surface area contributed by atoms with Gasteiger partial charge in [-0.2, -0.15) is 13.2 Å². The number of carbonyl (C=O) groups excluding carboxylic acids is 1. The topological polar surface area (TPSA) is 78.9 Å². The Kier molecular flexibility index (Phi) is 5.72. The predicted molar refractivity (Wildman–Crippen MR) is 50.5 cm³/mol. The number of amides is 2. The van der Waals surface area contributed by atoms with Crippen LogP contribution in [0.2, 0.25) is 0 Å². The largest absolute Gasteiger partial charge is 0.479 e. The van der Waals surface area contributed by atoms with Crippen molar-refractivity contribution in [2.75, 3.05) is 27.2 Å². The van der Waals surface area contributed by atoms with Gasteiger partial charge in [-0.05, 0) is 0 Å². The van der Waals surface area contributed by atoms with Crippen LogP contribution >= 0.6 is 0 Å². The van der Waals surface area contributed by atoms with Crippen molar-refractivity contribution in [2.45, 2.75) is 12.3 Å². The molecule has 2 amide bonds. The molecule has 0 aliphatic carbocycles. The molecule has 0 aliphatic rings. The van der Waals surface area contributed by atoms with Crippen LogP contribution in [0.3, 0.4) is 0 Å². The van der Waals surface area contributed by atoms with Crippen LogP contribution in [0.5, 0.6) is 0 Å². The first kappa shape index (κ1) is 15.5. The summed E-state index contributed by atoms with van der Waals surface area (Å²) in [5, 5.41) is 10.6. The number of ether oxygens (including phenoxy) is 1. The van der Waals surface area contributed by atoms with E-state index in [0.29, 0.717) is 4.90 Å². The van der Waals surface area contributed by atoms with Gasteiger partial charge >= 0.3 is 18.2 Å². The second-order valence-electron chi connectivity index (χ2n) is 3.22. The van der Waals surface area contributed by atoms with Crippen LogP contribution in [0, 0.1) is 0 Å². The van der Waals surface area contributed by atoms with E-state index in [-0.39, 0.29) is 0 Å². The Hall–Kier alpha value is -1.51. The number of carbonyl (C=O) groups is 2. The average Bonchev–Trinajstić information content (AvgIpc) is 2.15. The third-order valence-corrected chi connectivity index (χ3v) is 1.76. The SMILES string of the molecule is COC(CNC(=O)N(C)CC(F)(F)F)C(=O)O. The van der Waals surface area contributed by atoms with Gasteiger partial charge in [0.1, 0.15) is 6.54 Å². The van der Waals surface area contributed by atoms with E-state index >= 15 is 0 Å². The van der Waals surface area contributed by atoms with Crippen LogP contribution in [0.1, 0.15) is 0 Å². The number of nitrogens with zero attached hydrogens (tertiary/aromatic N) is 1. The molecule has 0 aliphatic heterocycles. The molecule has 2 N–H and O–H groups in total. The highest BCUT2D eigenvalue weighted by Gasteiger charge is 2.31. The lowest BCUT2D eigenvalue weighted by Crippen LogP contribution is -2.46. The van der Waals surface area contributed by atoms with Gasteiger partial charge in [0.15, 0.2) is 6.10 Å². The first-order valence-corrected chi connectivity index (χ1v) is 4.48. The molecule has 17 heavy (non-hydrogen) atoms. The fraction of sp³-hybridized carbons (Fsp3) is 0.750. The highest BCUT2D eigenvalue weighted by atomic mass is 19.4. The minimum absolute atomic E-state index is 0.397. The summed E-state index contributed by atoms with van der Waals surface area (Å²) in [4.78, 5) is 22.0. The maximum atomic E-state index is 11.9. The van der Waals surface area contributed by atoms with E-state index in [1.165, 1.54) is 0 Å². The van der Waals surface area contributed by atoms with E-state index < -0.39 is 37.4 Å². The lowest BCUT2D eigenvalue weighted by Gasteiger charge is -2.20. The molecule has 1 unspecified atom stereocenters. The van der Waals surface area contributed by atoms with Crippen molar-refractivity contribution < 1.29 is 32.6 Å². The summed E-state index contributed by atoms with van der Waals surface area (Å²) in [6.45, 7) is -1.82. The van der Waals surface area contributed by atoms with Crippen LogP contribution in [0.25, 0.3) is 0 Å². The number of rotatable bonds is 5. The number of carboxylic acids is 1. The molecule has 0 spiro atoms. The first-order valence-electron chi connectivity index (χ1n) is 4.48. The number of urea groups is 1. The number of hydrogen-bond acceptors (Lipinski definition) is 3. The Morgan fingerprint density at radius 3 is 2.35 bits per heavy atom. The summed E-state index contributed by atoms with van der Waals surface area (Å²) < 4.78 is 40.2. The lowest BCUT2D eigenvalue weighted by molar-refractivity contribution is -0.148. The molecule has 9 heteroatoms. The minimum Gasteiger partial charge on any atom is -0.479 e. The van der Waals surface area contributed by atoms with Crippen molar-refractivity contribution in [3.8, 4) is 0 Å². The Balaban J connectivity index is 4.13. The number of hydrogen-bond donors (Lipinski definition) is 2. The standard InChI is InChI=1S/C8H13F3N2O4/c1-13(4-8(9,10)11)7(16)12-3-5(17-2)6(14)15/h5H,3-4H2,1-2H3,(H,12,16)(H,14,15). The summed E-state index contributed by atoms with van der Waals surface area (Å²) in [6.07, 6.45) is -5.79. The van der Waals surface area contributed by atoms with Crippen molar-refractivity contribution in [2.24, 2.45) is 0 Å². The van der Waals surface area contributed by atoms with Crippen molar-refractivity contribution in [3.63, 3.8) is 0 Å². The second-order valence-corrected chi connectivity index (χ2v) is 3.22. The third-order valence-electron chi connectivity index (χ3n) is 1.76. The smallest absolute Gasteiger partial charge is 0.406 e. The zero-order valence-corrected chi connectivity index (χ0v) is 9.24. The molecule has 0 aromatic carbocycles. The lowest BCUT2D eigenvalue weighted by atomic mass is 10.3. The molecule has 6 nitrogen and oxygen atoms in total. The van der Waals surface area contributed by atoms with E-state index in [4.69, 9.17) is 5.11 Å².